The number of benzene rings is 1. The van der Waals surface area contributed by atoms with Gasteiger partial charge in [-0.3, -0.25) is 0 Å². The number of hydrogen-bond donors (Lipinski definition) is 1. The Morgan fingerprint density at radius 1 is 1.29 bits per heavy atom. The second kappa shape index (κ2) is 6.40. The lowest BCUT2D eigenvalue weighted by atomic mass is 10.1. The number of anilines is 1. The minimum Gasteiger partial charge on any atom is -0.383 e. The molecule has 0 aliphatic heterocycles. The molecule has 2 rings (SSSR count). The number of halogens is 4. The molecule has 0 amide bonds. The first-order chi connectivity index (χ1) is 9.90. The van der Waals surface area contributed by atoms with E-state index in [1.54, 1.807) is 7.11 Å². The molecule has 1 heterocycles. The average Bonchev–Trinajstić information content (AvgIpc) is 2.86. The van der Waals surface area contributed by atoms with E-state index in [1.165, 1.54) is 6.20 Å². The van der Waals surface area contributed by atoms with Gasteiger partial charge < -0.3 is 10.1 Å². The van der Waals surface area contributed by atoms with E-state index in [2.05, 4.69) is 10.3 Å². The zero-order chi connectivity index (χ0) is 15.5. The number of aromatic nitrogens is 1. The summed E-state index contributed by atoms with van der Waals surface area (Å²) in [6.07, 6.45) is -3.17. The lowest BCUT2D eigenvalue weighted by Crippen LogP contribution is -2.06. The summed E-state index contributed by atoms with van der Waals surface area (Å²) < 4.78 is 56.2. The van der Waals surface area contributed by atoms with Gasteiger partial charge in [0.25, 0.3) is 0 Å². The predicted molar refractivity (Wildman–Crippen MR) is 72.9 cm³/mol. The van der Waals surface area contributed by atoms with Crippen molar-refractivity contribution < 1.29 is 22.3 Å². The molecule has 0 bridgehead atoms. The lowest BCUT2D eigenvalue weighted by molar-refractivity contribution is -0.137. The van der Waals surface area contributed by atoms with E-state index in [4.69, 9.17) is 4.74 Å². The molecule has 0 aliphatic rings. The van der Waals surface area contributed by atoms with E-state index in [0.717, 1.165) is 23.5 Å². The van der Waals surface area contributed by atoms with Crippen molar-refractivity contribution in [1.29, 1.82) is 0 Å². The van der Waals surface area contributed by atoms with Crippen molar-refractivity contribution in [3.05, 3.63) is 35.8 Å². The summed E-state index contributed by atoms with van der Waals surface area (Å²) in [5.74, 6) is -0.929. The number of thiazole rings is 1. The fourth-order valence-corrected chi connectivity index (χ4v) is 2.47. The van der Waals surface area contributed by atoms with Gasteiger partial charge in [0.2, 0.25) is 0 Å². The van der Waals surface area contributed by atoms with Crippen LogP contribution >= 0.6 is 11.3 Å². The molecule has 1 aromatic carbocycles. The van der Waals surface area contributed by atoms with Crippen LogP contribution in [0.2, 0.25) is 0 Å². The molecule has 0 unspecified atom stereocenters. The van der Waals surface area contributed by atoms with Gasteiger partial charge in [-0.1, -0.05) is 11.3 Å². The third-order valence-corrected chi connectivity index (χ3v) is 3.60. The van der Waals surface area contributed by atoms with Crippen LogP contribution in [-0.2, 0) is 10.9 Å². The molecular weight excluding hydrogens is 308 g/mol. The molecule has 0 saturated heterocycles. The first-order valence-electron chi connectivity index (χ1n) is 5.97. The highest BCUT2D eigenvalue weighted by Crippen LogP contribution is 2.35. The Labute approximate surface area is 122 Å². The second-order valence-electron chi connectivity index (χ2n) is 4.18. The SMILES string of the molecule is COCCNc1ncc(-c2cc(F)cc(C(F)(F)F)c2)s1. The van der Waals surface area contributed by atoms with Crippen LogP contribution in [0.4, 0.5) is 22.7 Å². The second-order valence-corrected chi connectivity index (χ2v) is 5.21. The molecule has 1 aromatic heterocycles. The van der Waals surface area contributed by atoms with E-state index in [1.807, 2.05) is 0 Å². The molecular formula is C13H12F4N2OS. The van der Waals surface area contributed by atoms with Crippen molar-refractivity contribution in [3.63, 3.8) is 0 Å². The van der Waals surface area contributed by atoms with E-state index in [9.17, 15) is 17.6 Å². The fourth-order valence-electron chi connectivity index (χ4n) is 1.64. The van der Waals surface area contributed by atoms with Crippen LogP contribution in [0.25, 0.3) is 10.4 Å². The highest BCUT2D eigenvalue weighted by molar-refractivity contribution is 7.18. The Bertz CT molecular complexity index is 612. The fraction of sp³-hybridized carbons (Fsp3) is 0.308. The summed E-state index contributed by atoms with van der Waals surface area (Å²) in [5, 5.41) is 3.50. The quantitative estimate of drug-likeness (QED) is 0.667. The largest absolute Gasteiger partial charge is 0.416 e. The van der Waals surface area contributed by atoms with Gasteiger partial charge >= 0.3 is 6.18 Å². The summed E-state index contributed by atoms with van der Waals surface area (Å²) in [6.45, 7) is 1.01. The molecule has 0 atom stereocenters. The number of ether oxygens (including phenoxy) is 1. The van der Waals surface area contributed by atoms with E-state index in [0.29, 0.717) is 29.2 Å². The Hall–Kier alpha value is -1.67. The maximum Gasteiger partial charge on any atom is 0.416 e. The number of alkyl halides is 3. The van der Waals surface area contributed by atoms with Crippen molar-refractivity contribution in [2.45, 2.75) is 6.18 Å². The van der Waals surface area contributed by atoms with Crippen LogP contribution in [0, 0.1) is 5.82 Å². The van der Waals surface area contributed by atoms with E-state index < -0.39 is 17.6 Å². The minimum absolute atomic E-state index is 0.152. The zero-order valence-electron chi connectivity index (χ0n) is 11.0. The molecule has 0 aliphatic carbocycles. The van der Waals surface area contributed by atoms with Crippen LogP contribution in [0.1, 0.15) is 5.56 Å². The van der Waals surface area contributed by atoms with Gasteiger partial charge in [-0.25, -0.2) is 9.37 Å². The van der Waals surface area contributed by atoms with Gasteiger partial charge in [-0.2, -0.15) is 13.2 Å². The van der Waals surface area contributed by atoms with Gasteiger partial charge in [0.1, 0.15) is 5.82 Å². The van der Waals surface area contributed by atoms with Gasteiger partial charge in [0.05, 0.1) is 17.0 Å². The standard InChI is InChI=1S/C13H12F4N2OS/c1-20-3-2-18-12-19-7-11(21-12)8-4-9(13(15,16)17)6-10(14)5-8/h4-7H,2-3H2,1H3,(H,18,19). The normalized spacial score (nSPS) is 11.7. The van der Waals surface area contributed by atoms with Crippen LogP contribution in [0.3, 0.4) is 0 Å². The monoisotopic (exact) mass is 320 g/mol. The highest BCUT2D eigenvalue weighted by atomic mass is 32.1. The maximum absolute atomic E-state index is 13.4. The van der Waals surface area contributed by atoms with E-state index in [-0.39, 0.29) is 5.56 Å². The number of hydrogen-bond acceptors (Lipinski definition) is 4. The Kier molecular flexibility index (Phi) is 4.79. The highest BCUT2D eigenvalue weighted by Gasteiger charge is 2.31. The van der Waals surface area contributed by atoms with Crippen molar-refractivity contribution >= 4 is 16.5 Å². The molecule has 2 aromatic rings. The van der Waals surface area contributed by atoms with Crippen LogP contribution in [-0.4, -0.2) is 25.2 Å². The van der Waals surface area contributed by atoms with Crippen molar-refractivity contribution in [3.8, 4) is 10.4 Å². The van der Waals surface area contributed by atoms with Crippen molar-refractivity contribution in [2.24, 2.45) is 0 Å². The van der Waals surface area contributed by atoms with Crippen molar-refractivity contribution in [2.75, 3.05) is 25.6 Å². The molecule has 8 heteroatoms. The molecule has 114 valence electrons. The smallest absolute Gasteiger partial charge is 0.383 e. The molecule has 0 fully saturated rings. The Morgan fingerprint density at radius 2 is 2.05 bits per heavy atom. The third kappa shape index (κ3) is 4.15. The van der Waals surface area contributed by atoms with Crippen molar-refractivity contribution in [1.82, 2.24) is 4.98 Å². The number of rotatable bonds is 5. The summed E-state index contributed by atoms with van der Waals surface area (Å²) in [7, 11) is 1.56. The summed E-state index contributed by atoms with van der Waals surface area (Å²) in [4.78, 5) is 4.49. The third-order valence-electron chi connectivity index (χ3n) is 2.60. The first-order valence-corrected chi connectivity index (χ1v) is 6.78. The molecule has 1 N–H and O–H groups in total. The van der Waals surface area contributed by atoms with Gasteiger partial charge in [-0.15, -0.1) is 0 Å². The summed E-state index contributed by atoms with van der Waals surface area (Å²) >= 11 is 1.15. The van der Waals surface area contributed by atoms with Gasteiger partial charge in [0, 0.05) is 19.9 Å². The van der Waals surface area contributed by atoms with Gasteiger partial charge in [-0.05, 0) is 23.8 Å². The molecule has 0 spiro atoms. The zero-order valence-corrected chi connectivity index (χ0v) is 11.8. The lowest BCUT2D eigenvalue weighted by Gasteiger charge is -2.08. The number of nitrogens with zero attached hydrogens (tertiary/aromatic N) is 1. The summed E-state index contributed by atoms with van der Waals surface area (Å²) in [5.41, 5.74) is -0.862. The van der Waals surface area contributed by atoms with Crippen LogP contribution in [0.15, 0.2) is 24.4 Å². The van der Waals surface area contributed by atoms with Crippen LogP contribution < -0.4 is 5.32 Å². The van der Waals surface area contributed by atoms with Gasteiger partial charge in [0.15, 0.2) is 5.13 Å². The first kappa shape index (κ1) is 15.7. The summed E-state index contributed by atoms with van der Waals surface area (Å²) in [6, 6.07) is 2.44. The molecule has 0 radical (unpaired) electrons. The molecule has 21 heavy (non-hydrogen) atoms. The Morgan fingerprint density at radius 3 is 2.71 bits per heavy atom. The van der Waals surface area contributed by atoms with E-state index >= 15 is 0 Å². The minimum atomic E-state index is -4.58. The predicted octanol–water partition coefficient (Wildman–Crippen LogP) is 4.03. The Balaban J connectivity index is 2.24. The number of nitrogens with one attached hydrogen (secondary N) is 1. The number of methoxy groups -OCH3 is 1. The molecule has 0 saturated carbocycles. The molecule has 3 nitrogen and oxygen atoms in total. The topological polar surface area (TPSA) is 34.1 Å². The maximum atomic E-state index is 13.4. The van der Waals surface area contributed by atoms with Crippen LogP contribution in [0.5, 0.6) is 0 Å². The average molecular weight is 320 g/mol.